The number of aliphatic hydroxyl groups is 1. The number of hydrogen-bond acceptors (Lipinski definition) is 6. The second kappa shape index (κ2) is 12.4. The van der Waals surface area contributed by atoms with Crippen molar-refractivity contribution in [3.63, 3.8) is 0 Å². The Morgan fingerprint density at radius 2 is 1.50 bits per heavy atom. The van der Waals surface area contributed by atoms with Crippen LogP contribution in [-0.2, 0) is 4.79 Å². The Bertz CT molecular complexity index is 1410. The number of rotatable bonds is 12. The van der Waals surface area contributed by atoms with Gasteiger partial charge in [-0.05, 0) is 48.7 Å². The number of aromatic nitrogens is 1. The van der Waals surface area contributed by atoms with E-state index >= 15 is 0 Å². The summed E-state index contributed by atoms with van der Waals surface area (Å²) in [6, 6.07) is 11.2. The summed E-state index contributed by atoms with van der Waals surface area (Å²) in [6.07, 6.45) is 10.4. The molecule has 1 heterocycles. The number of nitro benzene ring substituents is 1. The number of fused-ring (bicyclic) bond motifs is 2. The average Bonchev–Trinajstić information content (AvgIpc) is 2.91. The van der Waals surface area contributed by atoms with Gasteiger partial charge in [0.25, 0.3) is 5.69 Å². The van der Waals surface area contributed by atoms with E-state index in [2.05, 4.69) is 27.8 Å². The van der Waals surface area contributed by atoms with E-state index in [4.69, 9.17) is 0 Å². The molecule has 8 heteroatoms. The standard InChI is InChI=1S/C30H31BrN2O5/c1-2-3-4-5-6-7-8-9-10-11-22-28(34)27-26(30(36)29(22)35)25(19-12-15-21(16-13-19)33(37)38)23-18-20(31)14-17-24(23)32-27/h12-18,34H,2-11H2,1H3. The SMILES string of the molecule is CCCCCCCCCCCC1=C(O)c2nc3ccc(Br)cc3c(-c3ccc([N+](=O)[O-])cc3)c2C(=O)C1=O. The van der Waals surface area contributed by atoms with Crippen LogP contribution >= 0.6 is 15.9 Å². The van der Waals surface area contributed by atoms with Crippen molar-refractivity contribution < 1.29 is 19.6 Å². The van der Waals surface area contributed by atoms with Crippen molar-refractivity contribution in [1.82, 2.24) is 4.98 Å². The van der Waals surface area contributed by atoms with E-state index in [0.29, 0.717) is 34.9 Å². The van der Waals surface area contributed by atoms with Crippen molar-refractivity contribution in [3.05, 3.63) is 73.9 Å². The highest BCUT2D eigenvalue weighted by Crippen LogP contribution is 2.40. The van der Waals surface area contributed by atoms with E-state index in [1.165, 1.54) is 44.2 Å². The fourth-order valence-corrected chi connectivity index (χ4v) is 5.38. The lowest BCUT2D eigenvalue weighted by Crippen LogP contribution is -2.26. The molecule has 38 heavy (non-hydrogen) atoms. The summed E-state index contributed by atoms with van der Waals surface area (Å²) in [7, 11) is 0. The molecule has 0 saturated heterocycles. The summed E-state index contributed by atoms with van der Waals surface area (Å²) in [4.78, 5) is 41.9. The van der Waals surface area contributed by atoms with Crippen molar-refractivity contribution in [2.45, 2.75) is 71.1 Å². The molecule has 1 N–H and O–H groups in total. The molecule has 0 bridgehead atoms. The molecule has 0 spiro atoms. The predicted molar refractivity (Wildman–Crippen MR) is 152 cm³/mol. The number of carbonyl (C=O) groups is 2. The van der Waals surface area contributed by atoms with Crippen molar-refractivity contribution >= 4 is 49.8 Å². The van der Waals surface area contributed by atoms with Crippen LogP contribution < -0.4 is 0 Å². The minimum absolute atomic E-state index is 0.0304. The largest absolute Gasteiger partial charge is 0.505 e. The average molecular weight is 579 g/mol. The molecular weight excluding hydrogens is 548 g/mol. The van der Waals surface area contributed by atoms with E-state index in [1.54, 1.807) is 30.3 Å². The van der Waals surface area contributed by atoms with Crippen LogP contribution in [0.2, 0.25) is 0 Å². The zero-order valence-corrected chi connectivity index (χ0v) is 23.1. The topological polar surface area (TPSA) is 110 Å². The summed E-state index contributed by atoms with van der Waals surface area (Å²) in [5.74, 6) is -1.68. The third kappa shape index (κ3) is 5.85. The molecule has 0 fully saturated rings. The maximum Gasteiger partial charge on any atom is 0.269 e. The van der Waals surface area contributed by atoms with Crippen LogP contribution in [-0.4, -0.2) is 26.6 Å². The first-order valence-electron chi connectivity index (χ1n) is 13.2. The summed E-state index contributed by atoms with van der Waals surface area (Å²) < 4.78 is 0.746. The first kappa shape index (κ1) is 27.6. The molecule has 4 rings (SSSR count). The number of pyridine rings is 1. The molecular formula is C30H31BrN2O5. The fourth-order valence-electron chi connectivity index (χ4n) is 5.02. The van der Waals surface area contributed by atoms with Gasteiger partial charge in [-0.1, -0.05) is 74.2 Å². The second-order valence-corrected chi connectivity index (χ2v) is 10.7. The van der Waals surface area contributed by atoms with Crippen LogP contribution in [0.1, 0.15) is 87.2 Å². The molecule has 1 aromatic heterocycles. The number of nitrogens with zero attached hydrogens (tertiary/aromatic N) is 2. The van der Waals surface area contributed by atoms with Crippen LogP contribution in [0.5, 0.6) is 0 Å². The number of unbranched alkanes of at least 4 members (excludes halogenated alkanes) is 8. The number of hydrogen-bond donors (Lipinski definition) is 1. The van der Waals surface area contributed by atoms with Gasteiger partial charge in [0.1, 0.15) is 11.5 Å². The minimum atomic E-state index is -0.716. The van der Waals surface area contributed by atoms with Crippen LogP contribution in [0.4, 0.5) is 5.69 Å². The summed E-state index contributed by atoms with van der Waals surface area (Å²) >= 11 is 3.45. The highest BCUT2D eigenvalue weighted by molar-refractivity contribution is 9.10. The van der Waals surface area contributed by atoms with Gasteiger partial charge < -0.3 is 5.11 Å². The quantitative estimate of drug-likeness (QED) is 0.0997. The smallest absolute Gasteiger partial charge is 0.269 e. The van der Waals surface area contributed by atoms with Gasteiger partial charge in [0.2, 0.25) is 11.6 Å². The lowest BCUT2D eigenvalue weighted by atomic mass is 9.83. The normalized spacial score (nSPS) is 13.3. The minimum Gasteiger partial charge on any atom is -0.505 e. The maximum atomic E-state index is 13.5. The molecule has 0 atom stereocenters. The number of allylic oxidation sites excluding steroid dienone is 1. The molecule has 1 aliphatic rings. The third-order valence-corrected chi connectivity index (χ3v) is 7.55. The van der Waals surface area contributed by atoms with Gasteiger partial charge in [-0.15, -0.1) is 0 Å². The monoisotopic (exact) mass is 578 g/mol. The van der Waals surface area contributed by atoms with Crippen LogP contribution in [0.3, 0.4) is 0 Å². The Kier molecular flexibility index (Phi) is 9.05. The van der Waals surface area contributed by atoms with E-state index < -0.39 is 16.5 Å². The van der Waals surface area contributed by atoms with Crippen molar-refractivity contribution in [3.8, 4) is 11.1 Å². The summed E-state index contributed by atoms with van der Waals surface area (Å²) in [6.45, 7) is 2.20. The van der Waals surface area contributed by atoms with Gasteiger partial charge in [0.15, 0.2) is 0 Å². The number of non-ortho nitro benzene ring substituents is 1. The Hall–Kier alpha value is -3.39. The van der Waals surface area contributed by atoms with Crippen molar-refractivity contribution in [1.29, 1.82) is 0 Å². The number of carbonyl (C=O) groups excluding carboxylic acids is 2. The Labute approximate surface area is 230 Å². The molecule has 0 unspecified atom stereocenters. The number of benzene rings is 2. The summed E-state index contributed by atoms with van der Waals surface area (Å²) in [5.41, 5.74) is 1.63. The number of ketones is 2. The zero-order chi connectivity index (χ0) is 27.2. The molecule has 0 saturated carbocycles. The van der Waals surface area contributed by atoms with E-state index in [-0.39, 0.29) is 28.3 Å². The Morgan fingerprint density at radius 1 is 0.868 bits per heavy atom. The van der Waals surface area contributed by atoms with E-state index in [1.807, 2.05) is 0 Å². The fraction of sp³-hybridized carbons (Fsp3) is 0.367. The number of Topliss-reactive ketones (excluding diaryl/α,β-unsaturated/α-hetero) is 2. The molecule has 7 nitrogen and oxygen atoms in total. The van der Waals surface area contributed by atoms with Crippen LogP contribution in [0.15, 0.2) is 52.5 Å². The molecule has 3 aromatic rings. The summed E-state index contributed by atoms with van der Waals surface area (Å²) in [5, 5.41) is 22.9. The maximum absolute atomic E-state index is 13.5. The van der Waals surface area contributed by atoms with Crippen molar-refractivity contribution in [2.24, 2.45) is 0 Å². The molecule has 0 aliphatic heterocycles. The van der Waals surface area contributed by atoms with Crippen LogP contribution in [0.25, 0.3) is 27.8 Å². The molecule has 2 aromatic carbocycles. The van der Waals surface area contributed by atoms with E-state index in [0.717, 1.165) is 23.7 Å². The lowest BCUT2D eigenvalue weighted by molar-refractivity contribution is -0.384. The van der Waals surface area contributed by atoms with Gasteiger partial charge in [-0.25, -0.2) is 4.98 Å². The zero-order valence-electron chi connectivity index (χ0n) is 21.5. The molecule has 1 aliphatic carbocycles. The van der Waals surface area contributed by atoms with Crippen LogP contribution in [0, 0.1) is 10.1 Å². The predicted octanol–water partition coefficient (Wildman–Crippen LogP) is 8.53. The third-order valence-electron chi connectivity index (χ3n) is 7.06. The van der Waals surface area contributed by atoms with Gasteiger partial charge in [0.05, 0.1) is 16.0 Å². The first-order valence-corrected chi connectivity index (χ1v) is 14.0. The number of aliphatic hydroxyl groups excluding tert-OH is 1. The second-order valence-electron chi connectivity index (χ2n) is 9.74. The Morgan fingerprint density at radius 3 is 2.13 bits per heavy atom. The van der Waals surface area contributed by atoms with Crippen molar-refractivity contribution in [2.75, 3.05) is 0 Å². The number of nitro groups is 1. The molecule has 198 valence electrons. The molecule has 0 amide bonds. The Balaban J connectivity index is 1.66. The van der Waals surface area contributed by atoms with Gasteiger partial charge in [0, 0.05) is 33.1 Å². The highest BCUT2D eigenvalue weighted by atomic mass is 79.9. The van der Waals surface area contributed by atoms with Gasteiger partial charge in [-0.2, -0.15) is 0 Å². The van der Waals surface area contributed by atoms with Gasteiger partial charge in [-0.3, -0.25) is 19.7 Å². The lowest BCUT2D eigenvalue weighted by Gasteiger charge is -2.21. The van der Waals surface area contributed by atoms with E-state index in [9.17, 15) is 24.8 Å². The van der Waals surface area contributed by atoms with Gasteiger partial charge >= 0.3 is 0 Å². The number of halogens is 1. The first-order chi connectivity index (χ1) is 18.3. The highest BCUT2D eigenvalue weighted by Gasteiger charge is 2.36. The molecule has 0 radical (unpaired) electrons.